The summed E-state index contributed by atoms with van der Waals surface area (Å²) in [5, 5.41) is 8.69. The van der Waals surface area contributed by atoms with Gasteiger partial charge in [-0.05, 0) is 13.8 Å². The van der Waals surface area contributed by atoms with E-state index >= 15 is 0 Å². The zero-order valence-corrected chi connectivity index (χ0v) is 8.34. The third kappa shape index (κ3) is 22.4. The molecular weight excluding hydrogens is 192 g/mol. The molecule has 0 unspecified atom stereocenters. The van der Waals surface area contributed by atoms with E-state index in [9.17, 15) is 9.59 Å². The first-order valence-electron chi connectivity index (χ1n) is 3.73. The molecule has 0 aromatic heterocycles. The average molecular weight is 210 g/mol. The summed E-state index contributed by atoms with van der Waals surface area (Å²) < 4.78 is 4.15. The van der Waals surface area contributed by atoms with Crippen LogP contribution in [0.1, 0.15) is 13.8 Å². The summed E-state index contributed by atoms with van der Waals surface area (Å²) >= 11 is 0. The highest BCUT2D eigenvalue weighted by atomic mass is 16.5. The van der Waals surface area contributed by atoms with E-state index < -0.39 is 6.09 Å². The van der Waals surface area contributed by atoms with Gasteiger partial charge in [0.25, 0.3) is 6.47 Å². The van der Waals surface area contributed by atoms with Gasteiger partial charge in [0.1, 0.15) is 0 Å². The van der Waals surface area contributed by atoms with E-state index in [1.165, 1.54) is 0 Å². The monoisotopic (exact) mass is 210 g/mol. The van der Waals surface area contributed by atoms with Gasteiger partial charge in [0.2, 0.25) is 0 Å². The molecule has 0 saturated carbocycles. The zero-order chi connectivity index (χ0) is 12.0. The Morgan fingerprint density at radius 2 is 1.93 bits per heavy atom. The summed E-state index contributed by atoms with van der Waals surface area (Å²) in [5.41, 5.74) is 0. The second-order valence-electron chi connectivity index (χ2n) is 1.62. The Hall–Kier alpha value is -1.38. The fourth-order valence-electron chi connectivity index (χ4n) is 0.203. The summed E-state index contributed by atoms with van der Waals surface area (Å²) in [4.78, 5) is 18.9. The number of nitrogens with zero attached hydrogens (tertiary/aromatic N) is 1. The van der Waals surface area contributed by atoms with Crippen LogP contribution in [-0.2, 0) is 9.53 Å². The Morgan fingerprint density at radius 1 is 1.50 bits per heavy atom. The second-order valence-corrected chi connectivity index (χ2v) is 1.62. The van der Waals surface area contributed by atoms with E-state index in [2.05, 4.69) is 16.4 Å². The van der Waals surface area contributed by atoms with Crippen LogP contribution in [0.3, 0.4) is 0 Å². The number of carbonyl (C=O) groups is 2. The van der Waals surface area contributed by atoms with Crippen LogP contribution < -0.4 is 17.5 Å². The Balaban J connectivity index is -0.000000152. The number of hydrogen-bond donors (Lipinski definition) is 4. The molecule has 0 aliphatic rings. The largest absolute Gasteiger partial charge is 0.468 e. The van der Waals surface area contributed by atoms with E-state index in [0.717, 1.165) is 0 Å². The topological polar surface area (TPSA) is 145 Å². The SMILES string of the molecule is CCN(N)C(=O)O.CCOC=O.NN. The van der Waals surface area contributed by atoms with Crippen LogP contribution in [0.4, 0.5) is 4.79 Å². The van der Waals surface area contributed by atoms with Crippen molar-refractivity contribution in [2.75, 3.05) is 13.2 Å². The first-order valence-corrected chi connectivity index (χ1v) is 3.73. The van der Waals surface area contributed by atoms with Gasteiger partial charge in [0.05, 0.1) is 6.61 Å². The molecule has 0 aliphatic heterocycles. The molecule has 8 heteroatoms. The Kier molecular flexibility index (Phi) is 23.2. The fourth-order valence-corrected chi connectivity index (χ4v) is 0.203. The van der Waals surface area contributed by atoms with Crippen LogP contribution in [0, 0.1) is 0 Å². The lowest BCUT2D eigenvalue weighted by Gasteiger charge is -2.06. The molecule has 0 atom stereocenters. The van der Waals surface area contributed by atoms with Gasteiger partial charge >= 0.3 is 6.09 Å². The number of amides is 1. The maximum absolute atomic E-state index is 9.73. The van der Waals surface area contributed by atoms with Crippen LogP contribution in [0.5, 0.6) is 0 Å². The van der Waals surface area contributed by atoms with Crippen molar-refractivity contribution in [3.8, 4) is 0 Å². The number of ether oxygens (including phenoxy) is 1. The molecule has 0 aromatic carbocycles. The van der Waals surface area contributed by atoms with Crippen molar-refractivity contribution in [3.05, 3.63) is 0 Å². The highest BCUT2D eigenvalue weighted by Crippen LogP contribution is 1.73. The average Bonchev–Trinajstić information content (AvgIpc) is 2.21. The Bertz CT molecular complexity index is 133. The summed E-state index contributed by atoms with van der Waals surface area (Å²) in [5.74, 6) is 12.8. The standard InChI is InChI=1S/C3H8N2O2.C3H6O2.H4N2/c1-2-5(4)3(6)7;1-2-5-3-4;1-2/h2,4H2,1H3,(H,6,7);3H,2H2,1H3;1-2H2. The summed E-state index contributed by atoms with van der Waals surface area (Å²) in [6.45, 7) is 4.65. The molecule has 0 fully saturated rings. The van der Waals surface area contributed by atoms with E-state index in [1.807, 2.05) is 0 Å². The first kappa shape index (κ1) is 18.4. The molecule has 0 spiro atoms. The number of rotatable bonds is 3. The molecule has 86 valence electrons. The molecule has 0 bridgehead atoms. The Morgan fingerprint density at radius 3 is 1.93 bits per heavy atom. The lowest BCUT2D eigenvalue weighted by atomic mass is 10.7. The van der Waals surface area contributed by atoms with Crippen LogP contribution in [0.15, 0.2) is 0 Å². The van der Waals surface area contributed by atoms with Gasteiger partial charge in [0, 0.05) is 6.54 Å². The van der Waals surface area contributed by atoms with Crippen molar-refractivity contribution < 1.29 is 19.4 Å². The van der Waals surface area contributed by atoms with Crippen molar-refractivity contribution >= 4 is 12.6 Å². The molecular formula is C6H18N4O4. The van der Waals surface area contributed by atoms with E-state index in [1.54, 1.807) is 13.8 Å². The predicted octanol–water partition coefficient (Wildman–Crippen LogP) is -1.14. The maximum atomic E-state index is 9.73. The normalized spacial score (nSPS) is 6.93. The van der Waals surface area contributed by atoms with Crippen LogP contribution in [-0.4, -0.2) is 35.8 Å². The quantitative estimate of drug-likeness (QED) is 0.199. The minimum Gasteiger partial charge on any atom is -0.468 e. The Labute approximate surface area is 82.5 Å². The van der Waals surface area contributed by atoms with Crippen LogP contribution in [0.2, 0.25) is 0 Å². The molecule has 0 rings (SSSR count). The molecule has 14 heavy (non-hydrogen) atoms. The maximum Gasteiger partial charge on any atom is 0.421 e. The van der Waals surface area contributed by atoms with E-state index in [-0.39, 0.29) is 0 Å². The van der Waals surface area contributed by atoms with Crippen molar-refractivity contribution in [1.29, 1.82) is 0 Å². The first-order chi connectivity index (χ1) is 6.59. The van der Waals surface area contributed by atoms with Gasteiger partial charge in [-0.3, -0.25) is 16.5 Å². The smallest absolute Gasteiger partial charge is 0.421 e. The lowest BCUT2D eigenvalue weighted by Crippen LogP contribution is -2.35. The molecule has 1 amide bonds. The van der Waals surface area contributed by atoms with Gasteiger partial charge in [-0.1, -0.05) is 0 Å². The number of carbonyl (C=O) groups excluding carboxylic acids is 1. The van der Waals surface area contributed by atoms with Gasteiger partial charge in [0.15, 0.2) is 0 Å². The predicted molar refractivity (Wildman–Crippen MR) is 50.7 cm³/mol. The molecule has 0 aromatic rings. The van der Waals surface area contributed by atoms with Crippen molar-refractivity contribution in [2.45, 2.75) is 13.8 Å². The van der Waals surface area contributed by atoms with Crippen molar-refractivity contribution in [1.82, 2.24) is 5.01 Å². The molecule has 0 saturated heterocycles. The zero-order valence-electron chi connectivity index (χ0n) is 8.34. The molecule has 8 nitrogen and oxygen atoms in total. The molecule has 0 radical (unpaired) electrons. The third-order valence-corrected chi connectivity index (χ3v) is 0.821. The van der Waals surface area contributed by atoms with E-state index in [0.29, 0.717) is 24.6 Å². The highest BCUT2D eigenvalue weighted by molar-refractivity contribution is 5.63. The fraction of sp³-hybridized carbons (Fsp3) is 0.667. The van der Waals surface area contributed by atoms with Crippen molar-refractivity contribution in [2.24, 2.45) is 17.5 Å². The van der Waals surface area contributed by atoms with Crippen molar-refractivity contribution in [3.63, 3.8) is 0 Å². The van der Waals surface area contributed by atoms with E-state index in [4.69, 9.17) is 10.9 Å². The van der Waals surface area contributed by atoms with Crippen LogP contribution >= 0.6 is 0 Å². The summed E-state index contributed by atoms with van der Waals surface area (Å²) in [7, 11) is 0. The highest BCUT2D eigenvalue weighted by Gasteiger charge is 1.98. The molecule has 0 heterocycles. The molecule has 0 aliphatic carbocycles. The summed E-state index contributed by atoms with van der Waals surface area (Å²) in [6, 6.07) is 0. The third-order valence-electron chi connectivity index (χ3n) is 0.821. The van der Waals surface area contributed by atoms with Gasteiger partial charge in [-0.15, -0.1) is 0 Å². The second kappa shape index (κ2) is 17.6. The van der Waals surface area contributed by atoms with Gasteiger partial charge in [-0.25, -0.2) is 15.6 Å². The van der Waals surface area contributed by atoms with Crippen LogP contribution in [0.25, 0.3) is 0 Å². The number of hydrazine groups is 2. The minimum absolute atomic E-state index is 0.329. The van der Waals surface area contributed by atoms with Gasteiger partial charge < -0.3 is 9.84 Å². The number of carboxylic acid groups (broad SMARTS) is 1. The summed E-state index contributed by atoms with van der Waals surface area (Å²) in [6.07, 6.45) is -1.09. The number of hydrogen-bond acceptors (Lipinski definition) is 6. The molecule has 7 N–H and O–H groups in total. The number of nitrogens with two attached hydrogens (primary N) is 3. The minimum atomic E-state index is -1.09. The van der Waals surface area contributed by atoms with Gasteiger partial charge in [-0.2, -0.15) is 0 Å². The lowest BCUT2D eigenvalue weighted by molar-refractivity contribution is -0.128.